The molecule has 0 bridgehead atoms. The van der Waals surface area contributed by atoms with Gasteiger partial charge in [0.2, 0.25) is 0 Å². The number of rotatable bonds is 3. The van der Waals surface area contributed by atoms with Gasteiger partial charge < -0.3 is 10.6 Å². The first kappa shape index (κ1) is 16.8. The van der Waals surface area contributed by atoms with Crippen molar-refractivity contribution in [1.29, 1.82) is 0 Å². The molecule has 1 aliphatic rings. The fourth-order valence-electron chi connectivity index (χ4n) is 2.54. The van der Waals surface area contributed by atoms with E-state index in [9.17, 15) is 22.8 Å². The number of para-hydroxylation sites is 1. The van der Waals surface area contributed by atoms with Gasteiger partial charge >= 0.3 is 12.2 Å². The molecule has 130 valence electrons. The monoisotopic (exact) mass is 349 g/mol. The smallest absolute Gasteiger partial charge is 0.336 e. The lowest BCUT2D eigenvalue weighted by Crippen LogP contribution is -2.27. The van der Waals surface area contributed by atoms with Gasteiger partial charge in [0.15, 0.2) is 0 Å². The van der Waals surface area contributed by atoms with Crippen LogP contribution >= 0.6 is 0 Å². The zero-order valence-corrected chi connectivity index (χ0v) is 12.9. The molecule has 0 radical (unpaired) electrons. The number of nitrogens with one attached hydrogen (secondary N) is 2. The summed E-state index contributed by atoms with van der Waals surface area (Å²) < 4.78 is 38.9. The van der Waals surface area contributed by atoms with E-state index in [0.29, 0.717) is 18.8 Å². The number of benzene rings is 2. The van der Waals surface area contributed by atoms with Crippen molar-refractivity contribution in [3.05, 3.63) is 59.7 Å². The molecular weight excluding hydrogens is 335 g/mol. The highest BCUT2D eigenvalue weighted by atomic mass is 19.4. The third-order valence-electron chi connectivity index (χ3n) is 3.78. The molecule has 0 atom stereocenters. The fourth-order valence-corrected chi connectivity index (χ4v) is 2.54. The van der Waals surface area contributed by atoms with Crippen molar-refractivity contribution in [3.8, 4) is 0 Å². The molecule has 0 saturated carbocycles. The second kappa shape index (κ2) is 6.46. The lowest BCUT2D eigenvalue weighted by Gasteiger charge is -2.15. The Balaban J connectivity index is 1.77. The van der Waals surface area contributed by atoms with Gasteiger partial charge in [0.05, 0.1) is 11.3 Å². The van der Waals surface area contributed by atoms with Gasteiger partial charge in [-0.2, -0.15) is 13.2 Å². The van der Waals surface area contributed by atoms with Gasteiger partial charge in [-0.25, -0.2) is 4.79 Å². The summed E-state index contributed by atoms with van der Waals surface area (Å²) in [5, 5.41) is 4.94. The molecule has 2 N–H and O–H groups in total. The zero-order valence-electron chi connectivity index (χ0n) is 12.9. The zero-order chi connectivity index (χ0) is 18.0. The fraction of sp³-hybridized carbons (Fsp3) is 0.176. The van der Waals surface area contributed by atoms with Crippen LogP contribution in [-0.4, -0.2) is 25.0 Å². The molecule has 2 aromatic rings. The molecule has 2 aromatic carbocycles. The van der Waals surface area contributed by atoms with E-state index in [1.165, 1.54) is 35.2 Å². The summed E-state index contributed by atoms with van der Waals surface area (Å²) in [4.78, 5) is 25.3. The van der Waals surface area contributed by atoms with E-state index in [-0.39, 0.29) is 17.3 Å². The first-order valence-electron chi connectivity index (χ1n) is 7.49. The predicted molar refractivity (Wildman–Crippen MR) is 86.6 cm³/mol. The molecule has 0 unspecified atom stereocenters. The number of amides is 3. The van der Waals surface area contributed by atoms with Crippen LogP contribution in [0.2, 0.25) is 0 Å². The highest BCUT2D eigenvalue weighted by Crippen LogP contribution is 2.34. The van der Waals surface area contributed by atoms with Crippen molar-refractivity contribution in [2.75, 3.05) is 23.3 Å². The number of alkyl halides is 3. The van der Waals surface area contributed by atoms with E-state index in [1.54, 1.807) is 12.1 Å². The van der Waals surface area contributed by atoms with Gasteiger partial charge in [-0.1, -0.05) is 12.1 Å². The van der Waals surface area contributed by atoms with E-state index in [2.05, 4.69) is 10.6 Å². The minimum absolute atomic E-state index is 0.195. The Morgan fingerprint density at radius 1 is 1.08 bits per heavy atom. The van der Waals surface area contributed by atoms with Crippen molar-refractivity contribution < 1.29 is 22.8 Å². The Kier molecular flexibility index (Phi) is 4.35. The Morgan fingerprint density at radius 3 is 2.36 bits per heavy atom. The van der Waals surface area contributed by atoms with E-state index >= 15 is 0 Å². The summed E-state index contributed by atoms with van der Waals surface area (Å²) in [6, 6.07) is 10.6. The molecule has 5 nitrogen and oxygen atoms in total. The van der Waals surface area contributed by atoms with Gasteiger partial charge in [-0.05, 0) is 36.4 Å². The summed E-state index contributed by atoms with van der Waals surface area (Å²) in [7, 11) is 0. The lowest BCUT2D eigenvalue weighted by molar-refractivity contribution is -0.136. The van der Waals surface area contributed by atoms with Gasteiger partial charge in [0.1, 0.15) is 0 Å². The second-order valence-corrected chi connectivity index (χ2v) is 5.43. The molecule has 1 aliphatic heterocycles. The maximum absolute atomic E-state index is 13.0. The van der Waals surface area contributed by atoms with E-state index in [4.69, 9.17) is 0 Å². The average Bonchev–Trinajstić information content (AvgIpc) is 3.00. The molecule has 0 spiro atoms. The maximum Gasteiger partial charge on any atom is 0.418 e. The maximum atomic E-state index is 13.0. The number of halogens is 3. The summed E-state index contributed by atoms with van der Waals surface area (Å²) in [6.45, 7) is 1.05. The normalized spacial score (nSPS) is 14.4. The second-order valence-electron chi connectivity index (χ2n) is 5.43. The highest BCUT2D eigenvalue weighted by Gasteiger charge is 2.33. The lowest BCUT2D eigenvalue weighted by atomic mass is 10.1. The molecule has 1 saturated heterocycles. The van der Waals surface area contributed by atoms with Crippen molar-refractivity contribution in [1.82, 2.24) is 5.32 Å². The quantitative estimate of drug-likeness (QED) is 0.891. The van der Waals surface area contributed by atoms with E-state index in [0.717, 1.165) is 6.07 Å². The summed E-state index contributed by atoms with van der Waals surface area (Å²) in [6.07, 6.45) is -4.56. The van der Waals surface area contributed by atoms with E-state index < -0.39 is 17.6 Å². The Labute approximate surface area is 141 Å². The molecule has 3 rings (SSSR count). The van der Waals surface area contributed by atoms with Crippen molar-refractivity contribution in [2.24, 2.45) is 0 Å². The third-order valence-corrected chi connectivity index (χ3v) is 3.78. The largest absolute Gasteiger partial charge is 0.418 e. The topological polar surface area (TPSA) is 61.4 Å². The number of urea groups is 1. The minimum atomic E-state index is -4.56. The molecule has 25 heavy (non-hydrogen) atoms. The molecule has 8 heteroatoms. The van der Waals surface area contributed by atoms with Crippen LogP contribution in [0.1, 0.15) is 15.9 Å². The average molecular weight is 349 g/mol. The molecule has 1 fully saturated rings. The molecule has 0 aliphatic carbocycles. The summed E-state index contributed by atoms with van der Waals surface area (Å²) >= 11 is 0. The predicted octanol–water partition coefficient (Wildman–Crippen LogP) is 3.49. The van der Waals surface area contributed by atoms with Crippen LogP contribution in [0.25, 0.3) is 0 Å². The summed E-state index contributed by atoms with van der Waals surface area (Å²) in [5.41, 5.74) is -0.403. The molecule has 1 heterocycles. The Morgan fingerprint density at radius 2 is 1.76 bits per heavy atom. The van der Waals surface area contributed by atoms with Crippen LogP contribution in [0, 0.1) is 0 Å². The number of nitrogens with zero attached hydrogens (tertiary/aromatic N) is 1. The van der Waals surface area contributed by atoms with Crippen LogP contribution in [0.15, 0.2) is 48.5 Å². The third kappa shape index (κ3) is 3.57. The van der Waals surface area contributed by atoms with Crippen molar-refractivity contribution >= 4 is 23.3 Å². The van der Waals surface area contributed by atoms with Crippen molar-refractivity contribution in [2.45, 2.75) is 6.18 Å². The number of anilines is 2. The summed E-state index contributed by atoms with van der Waals surface area (Å²) in [5.74, 6) is -0.658. The first-order chi connectivity index (χ1) is 11.9. The van der Waals surface area contributed by atoms with Crippen LogP contribution in [-0.2, 0) is 6.18 Å². The van der Waals surface area contributed by atoms with Crippen LogP contribution in [0.5, 0.6) is 0 Å². The highest BCUT2D eigenvalue weighted by molar-refractivity contribution is 6.05. The van der Waals surface area contributed by atoms with Gasteiger partial charge in [-0.15, -0.1) is 0 Å². The Hall–Kier alpha value is -3.03. The van der Waals surface area contributed by atoms with Crippen molar-refractivity contribution in [3.63, 3.8) is 0 Å². The SMILES string of the molecule is O=C(Nc1ccccc1C(F)(F)F)c1ccc(N2CCNC2=O)cc1. The number of hydrogen-bond donors (Lipinski definition) is 2. The molecular formula is C17H14F3N3O2. The standard InChI is InChI=1S/C17H14F3N3O2/c18-17(19,20)13-3-1-2-4-14(13)22-15(24)11-5-7-12(8-6-11)23-10-9-21-16(23)25/h1-8H,9-10H2,(H,21,25)(H,22,24). The Bertz CT molecular complexity index is 804. The number of carbonyl (C=O) groups excluding carboxylic acids is 2. The van der Waals surface area contributed by atoms with Crippen LogP contribution < -0.4 is 15.5 Å². The van der Waals surface area contributed by atoms with Crippen LogP contribution in [0.4, 0.5) is 29.3 Å². The molecule has 3 amide bonds. The number of carbonyl (C=O) groups is 2. The minimum Gasteiger partial charge on any atom is -0.336 e. The number of hydrogen-bond acceptors (Lipinski definition) is 2. The van der Waals surface area contributed by atoms with E-state index in [1.807, 2.05) is 0 Å². The van der Waals surface area contributed by atoms with Gasteiger partial charge in [-0.3, -0.25) is 9.69 Å². The molecule has 0 aromatic heterocycles. The van der Waals surface area contributed by atoms with Gasteiger partial charge in [0, 0.05) is 24.3 Å². The van der Waals surface area contributed by atoms with Crippen LogP contribution in [0.3, 0.4) is 0 Å². The van der Waals surface area contributed by atoms with Gasteiger partial charge in [0.25, 0.3) is 5.91 Å². The first-order valence-corrected chi connectivity index (χ1v) is 7.49.